The Kier molecular flexibility index (Phi) is 5.27. The molecule has 2 aliphatic rings. The van der Waals surface area contributed by atoms with E-state index in [1.807, 2.05) is 12.1 Å². The third-order valence-corrected chi connectivity index (χ3v) is 6.39. The molecule has 2 N–H and O–H groups in total. The van der Waals surface area contributed by atoms with Gasteiger partial charge in [-0.3, -0.25) is 9.59 Å². The first-order valence-corrected chi connectivity index (χ1v) is 10.4. The molecule has 2 heterocycles. The SMILES string of the molecule is O=C(Nc1ccc(N2CCCCC2)cc1)C(=O)NC1CCS(=O)(=O)C1. The predicted octanol–water partition coefficient (Wildman–Crippen LogP) is 0.919. The van der Waals surface area contributed by atoms with Gasteiger partial charge in [-0.15, -0.1) is 0 Å². The Labute approximate surface area is 147 Å². The molecule has 0 aliphatic carbocycles. The van der Waals surface area contributed by atoms with Crippen LogP contribution in [0.1, 0.15) is 25.7 Å². The Morgan fingerprint density at radius 3 is 2.28 bits per heavy atom. The molecule has 0 spiro atoms. The zero-order chi connectivity index (χ0) is 17.9. The van der Waals surface area contributed by atoms with E-state index in [0.717, 1.165) is 18.8 Å². The highest BCUT2D eigenvalue weighted by Crippen LogP contribution is 2.21. The van der Waals surface area contributed by atoms with Crippen molar-refractivity contribution >= 4 is 33.0 Å². The van der Waals surface area contributed by atoms with Crippen LogP contribution in [0.15, 0.2) is 24.3 Å². The maximum Gasteiger partial charge on any atom is 0.313 e. The number of carbonyl (C=O) groups excluding carboxylic acids is 2. The van der Waals surface area contributed by atoms with Crippen LogP contribution in [0.5, 0.6) is 0 Å². The lowest BCUT2D eigenvalue weighted by molar-refractivity contribution is -0.136. The molecule has 1 atom stereocenters. The standard InChI is InChI=1S/C17H23N3O4S/c21-16(17(22)19-14-8-11-25(23,24)12-14)18-13-4-6-15(7-5-13)20-9-2-1-3-10-20/h4-7,14H,1-3,8-12H2,(H,18,21)(H,19,22). The van der Waals surface area contributed by atoms with Gasteiger partial charge in [0.15, 0.2) is 9.84 Å². The minimum absolute atomic E-state index is 0.0531. The number of amides is 2. The lowest BCUT2D eigenvalue weighted by Crippen LogP contribution is -2.42. The highest BCUT2D eigenvalue weighted by atomic mass is 32.2. The molecule has 0 radical (unpaired) electrons. The first-order valence-electron chi connectivity index (χ1n) is 8.60. The van der Waals surface area contributed by atoms with E-state index < -0.39 is 27.7 Å². The highest BCUT2D eigenvalue weighted by Gasteiger charge is 2.30. The van der Waals surface area contributed by atoms with Crippen LogP contribution in [0, 0.1) is 0 Å². The van der Waals surface area contributed by atoms with Gasteiger partial charge in [-0.1, -0.05) is 0 Å². The Hall–Kier alpha value is -2.09. The van der Waals surface area contributed by atoms with E-state index in [0.29, 0.717) is 12.1 Å². The van der Waals surface area contributed by atoms with Gasteiger partial charge in [-0.25, -0.2) is 8.42 Å². The molecule has 2 amide bonds. The van der Waals surface area contributed by atoms with Gasteiger partial charge < -0.3 is 15.5 Å². The van der Waals surface area contributed by atoms with E-state index in [4.69, 9.17) is 0 Å². The van der Waals surface area contributed by atoms with E-state index in [2.05, 4.69) is 15.5 Å². The van der Waals surface area contributed by atoms with Gasteiger partial charge in [-0.05, 0) is 49.9 Å². The van der Waals surface area contributed by atoms with Crippen molar-refractivity contribution in [3.8, 4) is 0 Å². The second kappa shape index (κ2) is 7.43. The Morgan fingerprint density at radius 2 is 1.68 bits per heavy atom. The van der Waals surface area contributed by atoms with Crippen molar-refractivity contribution in [3.05, 3.63) is 24.3 Å². The number of piperidine rings is 1. The van der Waals surface area contributed by atoms with Gasteiger partial charge in [0.1, 0.15) is 0 Å². The maximum atomic E-state index is 12.0. The van der Waals surface area contributed by atoms with Crippen molar-refractivity contribution in [2.75, 3.05) is 34.8 Å². The molecule has 0 aromatic heterocycles. The molecule has 0 saturated carbocycles. The van der Waals surface area contributed by atoms with Crippen LogP contribution < -0.4 is 15.5 Å². The second-order valence-electron chi connectivity index (χ2n) is 6.62. The van der Waals surface area contributed by atoms with Gasteiger partial charge >= 0.3 is 11.8 Å². The largest absolute Gasteiger partial charge is 0.372 e. The van der Waals surface area contributed by atoms with Crippen LogP contribution in [0.2, 0.25) is 0 Å². The number of nitrogens with one attached hydrogen (secondary N) is 2. The average Bonchev–Trinajstić information content (AvgIpc) is 2.95. The summed E-state index contributed by atoms with van der Waals surface area (Å²) in [5, 5.41) is 5.03. The topological polar surface area (TPSA) is 95.6 Å². The third kappa shape index (κ3) is 4.72. The Balaban J connectivity index is 1.52. The summed E-state index contributed by atoms with van der Waals surface area (Å²) in [6, 6.07) is 6.93. The van der Waals surface area contributed by atoms with E-state index in [-0.39, 0.29) is 11.5 Å². The second-order valence-corrected chi connectivity index (χ2v) is 8.85. The molecule has 7 nitrogen and oxygen atoms in total. The van der Waals surface area contributed by atoms with Crippen LogP contribution in [0.4, 0.5) is 11.4 Å². The summed E-state index contributed by atoms with van der Waals surface area (Å²) >= 11 is 0. The smallest absolute Gasteiger partial charge is 0.313 e. The summed E-state index contributed by atoms with van der Waals surface area (Å²) in [4.78, 5) is 26.2. The van der Waals surface area contributed by atoms with Crippen LogP contribution in [-0.4, -0.2) is 50.9 Å². The van der Waals surface area contributed by atoms with Crippen molar-refractivity contribution in [1.82, 2.24) is 5.32 Å². The zero-order valence-electron chi connectivity index (χ0n) is 14.0. The van der Waals surface area contributed by atoms with Gasteiger partial charge in [0, 0.05) is 30.5 Å². The number of sulfone groups is 1. The first-order chi connectivity index (χ1) is 11.9. The van der Waals surface area contributed by atoms with Gasteiger partial charge in [-0.2, -0.15) is 0 Å². The summed E-state index contributed by atoms with van der Waals surface area (Å²) in [5.41, 5.74) is 1.65. The molecule has 2 aliphatic heterocycles. The lowest BCUT2D eigenvalue weighted by Gasteiger charge is -2.28. The fraction of sp³-hybridized carbons (Fsp3) is 0.529. The molecule has 0 bridgehead atoms. The van der Waals surface area contributed by atoms with E-state index in [9.17, 15) is 18.0 Å². The van der Waals surface area contributed by atoms with Crippen LogP contribution in [-0.2, 0) is 19.4 Å². The van der Waals surface area contributed by atoms with Crippen LogP contribution in [0.25, 0.3) is 0 Å². The van der Waals surface area contributed by atoms with Crippen LogP contribution in [0.3, 0.4) is 0 Å². The minimum Gasteiger partial charge on any atom is -0.372 e. The molecule has 1 unspecified atom stereocenters. The van der Waals surface area contributed by atoms with Gasteiger partial charge in [0.25, 0.3) is 0 Å². The van der Waals surface area contributed by atoms with Crippen molar-refractivity contribution in [1.29, 1.82) is 0 Å². The molecule has 136 valence electrons. The summed E-state index contributed by atoms with van der Waals surface area (Å²) in [6.07, 6.45) is 4.00. The molecule has 1 aromatic carbocycles. The van der Waals surface area contributed by atoms with E-state index in [1.54, 1.807) is 12.1 Å². The highest BCUT2D eigenvalue weighted by molar-refractivity contribution is 7.91. The number of rotatable bonds is 3. The molecular weight excluding hydrogens is 342 g/mol. The van der Waals surface area contributed by atoms with Crippen molar-refractivity contribution in [3.63, 3.8) is 0 Å². The third-order valence-electron chi connectivity index (χ3n) is 4.62. The predicted molar refractivity (Wildman–Crippen MR) is 96.3 cm³/mol. The zero-order valence-corrected chi connectivity index (χ0v) is 14.8. The Bertz CT molecular complexity index is 740. The fourth-order valence-corrected chi connectivity index (χ4v) is 4.93. The molecule has 8 heteroatoms. The van der Waals surface area contributed by atoms with Crippen molar-refractivity contribution in [2.24, 2.45) is 0 Å². The molecule has 2 fully saturated rings. The molecular formula is C17H23N3O4S. The minimum atomic E-state index is -3.09. The maximum absolute atomic E-state index is 12.0. The summed E-state index contributed by atoms with van der Waals surface area (Å²) in [6.45, 7) is 2.08. The number of nitrogens with zero attached hydrogens (tertiary/aromatic N) is 1. The number of carbonyl (C=O) groups is 2. The normalized spacial score (nSPS) is 22.4. The van der Waals surface area contributed by atoms with Crippen molar-refractivity contribution in [2.45, 2.75) is 31.7 Å². The number of benzene rings is 1. The Morgan fingerprint density at radius 1 is 1.00 bits per heavy atom. The van der Waals surface area contributed by atoms with E-state index in [1.165, 1.54) is 19.3 Å². The van der Waals surface area contributed by atoms with E-state index >= 15 is 0 Å². The molecule has 3 rings (SSSR count). The monoisotopic (exact) mass is 365 g/mol. The van der Waals surface area contributed by atoms with Crippen molar-refractivity contribution < 1.29 is 18.0 Å². The number of anilines is 2. The summed E-state index contributed by atoms with van der Waals surface area (Å²) in [5.74, 6) is -1.63. The summed E-state index contributed by atoms with van der Waals surface area (Å²) < 4.78 is 22.8. The molecule has 25 heavy (non-hydrogen) atoms. The number of hydrogen-bond donors (Lipinski definition) is 2. The van der Waals surface area contributed by atoms with Crippen LogP contribution >= 0.6 is 0 Å². The van der Waals surface area contributed by atoms with Gasteiger partial charge in [0.2, 0.25) is 0 Å². The number of hydrogen-bond acceptors (Lipinski definition) is 5. The summed E-state index contributed by atoms with van der Waals surface area (Å²) in [7, 11) is -3.09. The lowest BCUT2D eigenvalue weighted by atomic mass is 10.1. The fourth-order valence-electron chi connectivity index (χ4n) is 3.26. The quantitative estimate of drug-likeness (QED) is 0.777. The molecule has 2 saturated heterocycles. The van der Waals surface area contributed by atoms with Gasteiger partial charge in [0.05, 0.1) is 11.5 Å². The average molecular weight is 365 g/mol. The first kappa shape index (κ1) is 17.7. The molecule has 1 aromatic rings.